The third-order valence-electron chi connectivity index (χ3n) is 5.63. The molecule has 1 N–H and O–H groups in total. The lowest BCUT2D eigenvalue weighted by molar-refractivity contribution is 0.589. The van der Waals surface area contributed by atoms with E-state index in [-0.39, 0.29) is 5.41 Å². The fraction of sp³-hybridized carbons (Fsp3) is 0.143. The molecule has 0 aliphatic heterocycles. The summed E-state index contributed by atoms with van der Waals surface area (Å²) in [6.07, 6.45) is 0. The molecule has 0 radical (unpaired) electrons. The Kier molecular flexibility index (Phi) is 5.39. The normalized spacial score (nSPS) is 12.4. The number of benzene rings is 3. The number of hydrogen-bond donors (Lipinski definition) is 1. The van der Waals surface area contributed by atoms with Crippen LogP contribution in [0.25, 0.3) is 33.2 Å². The third kappa shape index (κ3) is 4.48. The first-order valence-corrected chi connectivity index (χ1v) is 11.2. The number of nitrogens with zero attached hydrogens (tertiary/aromatic N) is 2. The molecule has 164 valence electrons. The highest BCUT2D eigenvalue weighted by atomic mass is 35.5. The predicted molar refractivity (Wildman–Crippen MR) is 136 cm³/mol. The maximum absolute atomic E-state index is 6.27. The van der Waals surface area contributed by atoms with Gasteiger partial charge in [-0.1, -0.05) is 74.8 Å². The van der Waals surface area contributed by atoms with Crippen LogP contribution in [0.4, 0.5) is 5.82 Å². The summed E-state index contributed by atoms with van der Waals surface area (Å²) >= 11 is 6.27. The van der Waals surface area contributed by atoms with E-state index in [1.807, 2.05) is 60.7 Å². The Balaban J connectivity index is 1.59. The lowest BCUT2D eigenvalue weighted by atomic mass is 9.86. The van der Waals surface area contributed by atoms with Gasteiger partial charge in [-0.25, -0.2) is 4.98 Å². The second-order valence-electron chi connectivity index (χ2n) is 9.08. The number of aromatic nitrogens is 1. The first-order valence-electron chi connectivity index (χ1n) is 10.9. The second-order valence-corrected chi connectivity index (χ2v) is 9.51. The van der Waals surface area contributed by atoms with Crippen LogP contribution in [0.3, 0.4) is 0 Å². The fourth-order valence-electron chi connectivity index (χ4n) is 3.76. The molecule has 0 saturated heterocycles. The van der Waals surface area contributed by atoms with Crippen LogP contribution in [0.2, 0.25) is 5.02 Å². The van der Waals surface area contributed by atoms with Crippen molar-refractivity contribution in [2.45, 2.75) is 26.2 Å². The molecule has 0 aliphatic carbocycles. The van der Waals surface area contributed by atoms with E-state index in [1.54, 1.807) is 0 Å². The molecule has 0 unspecified atom stereocenters. The molecule has 0 aliphatic rings. The Labute approximate surface area is 197 Å². The molecule has 0 spiro atoms. The average Bonchev–Trinajstić information content (AvgIpc) is 2.82. The molecule has 5 rings (SSSR count). The Hall–Kier alpha value is -3.63. The van der Waals surface area contributed by atoms with Gasteiger partial charge in [0.15, 0.2) is 0 Å². The van der Waals surface area contributed by atoms with Crippen molar-refractivity contribution in [3.63, 3.8) is 0 Å². The first-order chi connectivity index (χ1) is 15.9. The van der Waals surface area contributed by atoms with E-state index in [0.29, 0.717) is 16.4 Å². The summed E-state index contributed by atoms with van der Waals surface area (Å²) < 4.78 is 6.22. The molecular weight excluding hydrogens is 430 g/mol. The summed E-state index contributed by atoms with van der Waals surface area (Å²) in [6, 6.07) is 27.9. The maximum Gasteiger partial charge on any atom is 0.146 e. The minimum atomic E-state index is 0.0904. The highest BCUT2D eigenvalue weighted by Gasteiger charge is 2.14. The number of rotatable bonds is 3. The number of fused-ring (bicyclic) bond motifs is 2. The molecule has 33 heavy (non-hydrogen) atoms. The van der Waals surface area contributed by atoms with Crippen molar-refractivity contribution in [3.8, 4) is 11.3 Å². The highest BCUT2D eigenvalue weighted by Crippen LogP contribution is 2.28. The predicted octanol–water partition coefficient (Wildman–Crippen LogP) is 7.53. The first kappa shape index (κ1) is 21.2. The number of halogens is 1. The summed E-state index contributed by atoms with van der Waals surface area (Å²) in [4.78, 5) is 4.65. The van der Waals surface area contributed by atoms with E-state index in [0.717, 1.165) is 33.0 Å². The van der Waals surface area contributed by atoms with Gasteiger partial charge in [0.1, 0.15) is 17.2 Å². The van der Waals surface area contributed by atoms with Crippen LogP contribution < -0.4 is 10.8 Å². The molecule has 3 aromatic carbocycles. The SMILES string of the molecule is CC(C)(C)c1ccc(-c2c/c(=N\Nc3ccc4ccccc4n3)c3cc(Cl)ccc3o2)cc1. The minimum absolute atomic E-state index is 0.0904. The van der Waals surface area contributed by atoms with Crippen LogP contribution in [0.1, 0.15) is 26.3 Å². The van der Waals surface area contributed by atoms with Crippen molar-refractivity contribution >= 4 is 39.3 Å². The van der Waals surface area contributed by atoms with Gasteiger partial charge in [0.2, 0.25) is 0 Å². The van der Waals surface area contributed by atoms with Gasteiger partial charge in [0.05, 0.1) is 10.9 Å². The van der Waals surface area contributed by atoms with E-state index >= 15 is 0 Å². The van der Waals surface area contributed by atoms with Gasteiger partial charge in [-0.05, 0) is 47.4 Å². The molecular formula is C28H24ClN3O. The molecule has 5 aromatic rings. The molecule has 5 heteroatoms. The lowest BCUT2D eigenvalue weighted by Crippen LogP contribution is -2.10. The molecule has 4 nitrogen and oxygen atoms in total. The number of para-hydroxylation sites is 1. The van der Waals surface area contributed by atoms with Crippen molar-refractivity contribution < 1.29 is 4.42 Å². The van der Waals surface area contributed by atoms with Crippen molar-refractivity contribution in [1.29, 1.82) is 0 Å². The van der Waals surface area contributed by atoms with Crippen LogP contribution in [0.5, 0.6) is 0 Å². The fourth-order valence-corrected chi connectivity index (χ4v) is 3.93. The standard InChI is InChI=1S/C28H24ClN3O/c1-28(2,3)20-11-8-19(9-12-20)26-17-24(22-16-21(29)13-14-25(22)33-26)31-32-27-15-10-18-6-4-5-7-23(18)30-27/h4-17H,1-3H3,(H,30,32)/b31-24+. The Morgan fingerprint density at radius 3 is 2.45 bits per heavy atom. The van der Waals surface area contributed by atoms with Crippen LogP contribution in [0, 0.1) is 0 Å². The number of hydrogen-bond acceptors (Lipinski definition) is 4. The van der Waals surface area contributed by atoms with Crippen LogP contribution in [-0.2, 0) is 5.41 Å². The van der Waals surface area contributed by atoms with Gasteiger partial charge in [0, 0.05) is 27.4 Å². The lowest BCUT2D eigenvalue weighted by Gasteiger charge is -2.19. The summed E-state index contributed by atoms with van der Waals surface area (Å²) in [7, 11) is 0. The van der Waals surface area contributed by atoms with Crippen molar-refractivity contribution in [1.82, 2.24) is 4.98 Å². The van der Waals surface area contributed by atoms with E-state index < -0.39 is 0 Å². The molecule has 0 saturated carbocycles. The molecule has 0 fully saturated rings. The number of nitrogens with one attached hydrogen (secondary N) is 1. The third-order valence-corrected chi connectivity index (χ3v) is 5.87. The Morgan fingerprint density at radius 1 is 0.879 bits per heavy atom. The van der Waals surface area contributed by atoms with Gasteiger partial charge < -0.3 is 4.42 Å². The van der Waals surface area contributed by atoms with E-state index in [2.05, 4.69) is 60.5 Å². The quantitative estimate of drug-likeness (QED) is 0.287. The summed E-state index contributed by atoms with van der Waals surface area (Å²) in [5.74, 6) is 1.40. The molecule has 2 heterocycles. The van der Waals surface area contributed by atoms with Crippen molar-refractivity contribution in [2.24, 2.45) is 5.10 Å². The van der Waals surface area contributed by atoms with Crippen molar-refractivity contribution in [2.75, 3.05) is 5.43 Å². The van der Waals surface area contributed by atoms with Crippen molar-refractivity contribution in [3.05, 3.63) is 101 Å². The van der Waals surface area contributed by atoms with Crippen LogP contribution in [-0.4, -0.2) is 4.98 Å². The Bertz CT molecular complexity index is 1530. The topological polar surface area (TPSA) is 50.4 Å². The second kappa shape index (κ2) is 8.38. The molecule has 0 bridgehead atoms. The molecule has 0 atom stereocenters. The van der Waals surface area contributed by atoms with Crippen LogP contribution in [0.15, 0.2) is 94.4 Å². The Morgan fingerprint density at radius 2 is 1.67 bits per heavy atom. The van der Waals surface area contributed by atoms with E-state index in [1.165, 1.54) is 5.56 Å². The van der Waals surface area contributed by atoms with Gasteiger partial charge >= 0.3 is 0 Å². The van der Waals surface area contributed by atoms with Gasteiger partial charge in [-0.3, -0.25) is 5.43 Å². The number of anilines is 1. The highest BCUT2D eigenvalue weighted by molar-refractivity contribution is 6.31. The molecule has 0 amide bonds. The van der Waals surface area contributed by atoms with Gasteiger partial charge in [-0.15, -0.1) is 0 Å². The number of pyridine rings is 1. The minimum Gasteiger partial charge on any atom is -0.456 e. The van der Waals surface area contributed by atoms with Gasteiger partial charge in [0.25, 0.3) is 0 Å². The van der Waals surface area contributed by atoms with Crippen LogP contribution >= 0.6 is 11.6 Å². The zero-order valence-corrected chi connectivity index (χ0v) is 19.5. The smallest absolute Gasteiger partial charge is 0.146 e. The van der Waals surface area contributed by atoms with Gasteiger partial charge in [-0.2, -0.15) is 5.10 Å². The summed E-state index contributed by atoms with van der Waals surface area (Å²) in [5.41, 5.74) is 7.07. The zero-order chi connectivity index (χ0) is 23.0. The average molecular weight is 454 g/mol. The summed E-state index contributed by atoms with van der Waals surface area (Å²) in [6.45, 7) is 6.61. The molecule has 2 aromatic heterocycles. The largest absolute Gasteiger partial charge is 0.456 e. The van der Waals surface area contributed by atoms with E-state index in [9.17, 15) is 0 Å². The zero-order valence-electron chi connectivity index (χ0n) is 18.8. The monoisotopic (exact) mass is 453 g/mol. The van der Waals surface area contributed by atoms with E-state index in [4.69, 9.17) is 16.0 Å². The maximum atomic E-state index is 6.27. The summed E-state index contributed by atoms with van der Waals surface area (Å²) in [5, 5.41) is 7.92.